The summed E-state index contributed by atoms with van der Waals surface area (Å²) >= 11 is 0. The van der Waals surface area contributed by atoms with Crippen molar-refractivity contribution in [1.82, 2.24) is 4.57 Å². The van der Waals surface area contributed by atoms with Gasteiger partial charge in [0.05, 0.1) is 7.11 Å². The van der Waals surface area contributed by atoms with E-state index in [4.69, 9.17) is 4.74 Å². The molecule has 2 aromatic rings. The molecule has 128 valence electrons. The maximum atomic E-state index is 13.0. The van der Waals surface area contributed by atoms with E-state index in [-0.39, 0.29) is 17.1 Å². The number of Topliss-reactive ketones (excluding diaryl/α,β-unsaturated/α-hetero) is 1. The summed E-state index contributed by atoms with van der Waals surface area (Å²) in [7, 11) is 3.39. The zero-order valence-corrected chi connectivity index (χ0v) is 14.8. The zero-order valence-electron chi connectivity index (χ0n) is 14.8. The number of benzene rings is 1. The minimum absolute atomic E-state index is 0.0334. The van der Waals surface area contributed by atoms with Crippen LogP contribution in [0.1, 0.15) is 38.7 Å². The van der Waals surface area contributed by atoms with Crippen LogP contribution in [0.5, 0.6) is 0 Å². The molecule has 1 saturated carbocycles. The Kier molecular flexibility index (Phi) is 4.24. The fraction of sp³-hybridized carbons (Fsp3) is 0.500. The van der Waals surface area contributed by atoms with Crippen molar-refractivity contribution in [2.24, 2.45) is 18.9 Å². The Hall–Kier alpha value is -2.10. The molecule has 0 saturated heterocycles. The van der Waals surface area contributed by atoms with Crippen molar-refractivity contribution in [2.75, 3.05) is 7.11 Å². The lowest BCUT2D eigenvalue weighted by Gasteiger charge is -2.38. The second-order valence-electron chi connectivity index (χ2n) is 7.35. The van der Waals surface area contributed by atoms with Gasteiger partial charge in [-0.15, -0.1) is 0 Å². The molecule has 3 rings (SSSR count). The smallest absolute Gasteiger partial charge is 0.316 e. The molecule has 0 amide bonds. The van der Waals surface area contributed by atoms with Gasteiger partial charge in [-0.3, -0.25) is 9.59 Å². The molecule has 1 aliphatic carbocycles. The van der Waals surface area contributed by atoms with Crippen molar-refractivity contribution in [1.29, 1.82) is 0 Å². The summed E-state index contributed by atoms with van der Waals surface area (Å²) in [6.07, 6.45) is 4.43. The van der Waals surface area contributed by atoms with Gasteiger partial charge < -0.3 is 9.30 Å². The Balaban J connectivity index is 2.03. The van der Waals surface area contributed by atoms with Gasteiger partial charge in [0, 0.05) is 35.5 Å². The average Bonchev–Trinajstić information content (AvgIpc) is 2.92. The number of carbonyl (C=O) groups is 2. The van der Waals surface area contributed by atoms with Gasteiger partial charge in [-0.2, -0.15) is 0 Å². The molecule has 2 unspecified atom stereocenters. The maximum absolute atomic E-state index is 13.0. The highest BCUT2D eigenvalue weighted by Gasteiger charge is 2.45. The molecule has 0 spiro atoms. The third kappa shape index (κ3) is 2.54. The molecular formula is C20H25NO3. The first-order chi connectivity index (χ1) is 11.4. The van der Waals surface area contributed by atoms with Crippen LogP contribution in [-0.4, -0.2) is 23.4 Å². The van der Waals surface area contributed by atoms with Gasteiger partial charge >= 0.3 is 5.97 Å². The van der Waals surface area contributed by atoms with Crippen molar-refractivity contribution in [3.05, 3.63) is 36.0 Å². The lowest BCUT2D eigenvalue weighted by Crippen LogP contribution is -2.43. The summed E-state index contributed by atoms with van der Waals surface area (Å²) in [6.45, 7) is 4.24. The summed E-state index contributed by atoms with van der Waals surface area (Å²) < 4.78 is 6.95. The number of fused-ring (bicyclic) bond motifs is 1. The molecule has 0 radical (unpaired) electrons. The lowest BCUT2D eigenvalue weighted by atomic mass is 9.64. The number of hydrogen-bond donors (Lipinski definition) is 0. The Morgan fingerprint density at radius 2 is 1.96 bits per heavy atom. The highest BCUT2D eigenvalue weighted by Crippen LogP contribution is 2.43. The predicted molar refractivity (Wildman–Crippen MR) is 93.8 cm³/mol. The molecule has 0 N–H and O–H groups in total. The van der Waals surface area contributed by atoms with Crippen LogP contribution in [-0.2, 0) is 26.8 Å². The number of rotatable bonds is 3. The van der Waals surface area contributed by atoms with E-state index in [2.05, 4.69) is 36.7 Å². The summed E-state index contributed by atoms with van der Waals surface area (Å²) in [5, 5.41) is 1.18. The van der Waals surface area contributed by atoms with Crippen LogP contribution in [0.3, 0.4) is 0 Å². The van der Waals surface area contributed by atoms with Gasteiger partial charge in [-0.25, -0.2) is 0 Å². The van der Waals surface area contributed by atoms with E-state index in [1.165, 1.54) is 18.1 Å². The Labute approximate surface area is 142 Å². The molecule has 2 atom stereocenters. The number of hydrogen-bond acceptors (Lipinski definition) is 3. The molecule has 1 aromatic heterocycles. The van der Waals surface area contributed by atoms with Crippen LogP contribution in [0.2, 0.25) is 0 Å². The van der Waals surface area contributed by atoms with E-state index in [0.29, 0.717) is 6.42 Å². The molecule has 1 fully saturated rings. The molecular weight excluding hydrogens is 302 g/mol. The minimum Gasteiger partial charge on any atom is -0.468 e. The third-order valence-corrected chi connectivity index (χ3v) is 5.62. The van der Waals surface area contributed by atoms with Crippen LogP contribution < -0.4 is 0 Å². The number of carbonyl (C=O) groups excluding carboxylic acids is 2. The molecule has 4 nitrogen and oxygen atoms in total. The largest absolute Gasteiger partial charge is 0.468 e. The number of ether oxygens (including phenoxy) is 1. The van der Waals surface area contributed by atoms with Gasteiger partial charge in [-0.1, -0.05) is 38.5 Å². The standard InChI is InChI=1S/C20H25NO3/c1-20(2,15-10-7-9-14(18(15)22)19(23)24-4)16-12-21(3)17-11-6-5-8-13(16)17/h5-6,8,11-12,14-15H,7,9-10H2,1-4H3. The van der Waals surface area contributed by atoms with E-state index in [1.54, 1.807) is 0 Å². The summed E-state index contributed by atoms with van der Waals surface area (Å²) in [6, 6.07) is 8.26. The minimum atomic E-state index is -0.608. The summed E-state index contributed by atoms with van der Waals surface area (Å²) in [5.74, 6) is -1.13. The zero-order chi connectivity index (χ0) is 17.5. The van der Waals surface area contributed by atoms with Crippen LogP contribution in [0.15, 0.2) is 30.5 Å². The van der Waals surface area contributed by atoms with Gasteiger partial charge in [0.25, 0.3) is 0 Å². The normalized spacial score (nSPS) is 21.9. The van der Waals surface area contributed by atoms with Crippen molar-refractivity contribution in [3.63, 3.8) is 0 Å². The first-order valence-electron chi connectivity index (χ1n) is 8.54. The second kappa shape index (κ2) is 6.08. The van der Waals surface area contributed by atoms with E-state index in [0.717, 1.165) is 18.4 Å². The quantitative estimate of drug-likeness (QED) is 0.639. The van der Waals surface area contributed by atoms with E-state index < -0.39 is 11.9 Å². The van der Waals surface area contributed by atoms with Crippen molar-refractivity contribution >= 4 is 22.7 Å². The fourth-order valence-corrected chi connectivity index (χ4v) is 4.19. The molecule has 1 heterocycles. The van der Waals surface area contributed by atoms with Gasteiger partial charge in [-0.05, 0) is 24.5 Å². The molecule has 24 heavy (non-hydrogen) atoms. The number of nitrogens with zero attached hydrogens (tertiary/aromatic N) is 1. The van der Waals surface area contributed by atoms with Crippen molar-refractivity contribution in [3.8, 4) is 0 Å². The van der Waals surface area contributed by atoms with E-state index >= 15 is 0 Å². The van der Waals surface area contributed by atoms with Crippen LogP contribution >= 0.6 is 0 Å². The molecule has 4 heteroatoms. The maximum Gasteiger partial charge on any atom is 0.316 e. The van der Waals surface area contributed by atoms with Crippen molar-refractivity contribution < 1.29 is 14.3 Å². The van der Waals surface area contributed by atoms with Gasteiger partial charge in [0.15, 0.2) is 5.78 Å². The Morgan fingerprint density at radius 3 is 2.67 bits per heavy atom. The number of aryl methyl sites for hydroxylation is 1. The number of ketones is 1. The number of para-hydroxylation sites is 1. The Morgan fingerprint density at radius 1 is 1.25 bits per heavy atom. The SMILES string of the molecule is COC(=O)C1CCCC(C(C)(C)c2cn(C)c3ccccc23)C1=O. The second-order valence-corrected chi connectivity index (χ2v) is 7.35. The fourth-order valence-electron chi connectivity index (χ4n) is 4.19. The number of aromatic nitrogens is 1. The summed E-state index contributed by atoms with van der Waals surface area (Å²) in [4.78, 5) is 24.9. The summed E-state index contributed by atoms with van der Waals surface area (Å²) in [5.41, 5.74) is 2.00. The topological polar surface area (TPSA) is 48.3 Å². The van der Waals surface area contributed by atoms with E-state index in [9.17, 15) is 9.59 Å². The third-order valence-electron chi connectivity index (χ3n) is 5.62. The highest BCUT2D eigenvalue weighted by molar-refractivity contribution is 6.01. The van der Waals surface area contributed by atoms with E-state index in [1.807, 2.05) is 19.2 Å². The molecule has 1 aliphatic rings. The van der Waals surface area contributed by atoms with Gasteiger partial charge in [0.1, 0.15) is 5.92 Å². The van der Waals surface area contributed by atoms with Gasteiger partial charge in [0.2, 0.25) is 0 Å². The molecule has 0 bridgehead atoms. The number of methoxy groups -OCH3 is 1. The molecule has 0 aliphatic heterocycles. The monoisotopic (exact) mass is 327 g/mol. The molecule has 1 aromatic carbocycles. The first kappa shape index (κ1) is 16.7. The van der Waals surface area contributed by atoms with Crippen molar-refractivity contribution in [2.45, 2.75) is 38.5 Å². The van der Waals surface area contributed by atoms with Crippen LogP contribution in [0, 0.1) is 11.8 Å². The lowest BCUT2D eigenvalue weighted by molar-refractivity contribution is -0.153. The number of esters is 1. The first-order valence-corrected chi connectivity index (χ1v) is 8.54. The predicted octanol–water partition coefficient (Wildman–Crippen LogP) is 3.61. The average molecular weight is 327 g/mol. The highest BCUT2D eigenvalue weighted by atomic mass is 16.5. The van der Waals surface area contributed by atoms with Crippen LogP contribution in [0.4, 0.5) is 0 Å². The van der Waals surface area contributed by atoms with Crippen LogP contribution in [0.25, 0.3) is 10.9 Å². The Bertz CT molecular complexity index is 787.